The summed E-state index contributed by atoms with van der Waals surface area (Å²) in [5, 5.41) is 19.7. The van der Waals surface area contributed by atoms with E-state index in [1.54, 1.807) is 24.3 Å². The molecule has 0 saturated carbocycles. The molecule has 0 radical (unpaired) electrons. The van der Waals surface area contributed by atoms with Crippen LogP contribution < -0.4 is 5.32 Å². The minimum absolute atomic E-state index is 0.131. The number of nitrogens with one attached hydrogen (secondary N) is 2. The van der Waals surface area contributed by atoms with E-state index in [-0.39, 0.29) is 11.7 Å². The number of fused-ring (bicyclic) bond motifs is 1. The molecule has 158 valence electrons. The molecule has 1 amide bonds. The van der Waals surface area contributed by atoms with Crippen LogP contribution >= 0.6 is 0 Å². The van der Waals surface area contributed by atoms with E-state index in [1.807, 2.05) is 24.3 Å². The van der Waals surface area contributed by atoms with E-state index in [1.165, 1.54) is 24.5 Å². The number of benzene rings is 2. The lowest BCUT2D eigenvalue weighted by atomic mass is 10.1. The number of carboxylic acid groups (broad SMARTS) is 1. The highest BCUT2D eigenvalue weighted by Crippen LogP contribution is 2.29. The Labute approximate surface area is 179 Å². The monoisotopic (exact) mass is 417 g/mol. The number of aromatic amines is 1. The van der Waals surface area contributed by atoms with Gasteiger partial charge in [0.15, 0.2) is 5.82 Å². The molecule has 0 atom stereocenters. The predicted octanol–water partition coefficient (Wildman–Crippen LogP) is 5.51. The molecule has 0 unspecified atom stereocenters. The molecule has 2 aromatic carbocycles. The standard InChI is InChI=1S/C24H23N3O4/c1-2-3-4-5-15-6-8-16(9-7-15)23(28)25-22-18-14-17(10-11-19(18)26-27-22)20-12-13-21(31-20)24(29)30/h6-14H,2-5H2,1H3,(H,29,30)(H2,25,26,27,28). The third kappa shape index (κ3) is 4.50. The highest BCUT2D eigenvalue weighted by atomic mass is 16.4. The highest BCUT2D eigenvalue weighted by molar-refractivity contribution is 6.08. The second-order valence-electron chi connectivity index (χ2n) is 7.41. The van der Waals surface area contributed by atoms with Gasteiger partial charge in [0.1, 0.15) is 5.76 Å². The minimum atomic E-state index is -1.13. The maximum atomic E-state index is 12.7. The fraction of sp³-hybridized carbons (Fsp3) is 0.208. The largest absolute Gasteiger partial charge is 0.475 e. The molecule has 2 heterocycles. The molecule has 0 aliphatic heterocycles. The third-order valence-electron chi connectivity index (χ3n) is 5.18. The number of anilines is 1. The lowest BCUT2D eigenvalue weighted by molar-refractivity contribution is 0.0663. The number of unbranched alkanes of at least 4 members (excludes halogenated alkanes) is 2. The molecule has 31 heavy (non-hydrogen) atoms. The van der Waals surface area contributed by atoms with Crippen LogP contribution in [0.25, 0.3) is 22.2 Å². The van der Waals surface area contributed by atoms with Crippen molar-refractivity contribution in [3.63, 3.8) is 0 Å². The molecule has 0 bridgehead atoms. The van der Waals surface area contributed by atoms with Crippen LogP contribution in [-0.2, 0) is 6.42 Å². The quantitative estimate of drug-likeness (QED) is 0.328. The van der Waals surface area contributed by atoms with E-state index in [0.717, 1.165) is 18.4 Å². The summed E-state index contributed by atoms with van der Waals surface area (Å²) in [4.78, 5) is 23.8. The van der Waals surface area contributed by atoms with Gasteiger partial charge >= 0.3 is 5.97 Å². The SMILES string of the molecule is CCCCCc1ccc(C(=O)Nc2n[nH]c3ccc(-c4ccc(C(=O)O)o4)cc23)cc1. The molecule has 7 nitrogen and oxygen atoms in total. The smallest absolute Gasteiger partial charge is 0.371 e. The third-order valence-corrected chi connectivity index (χ3v) is 5.18. The summed E-state index contributed by atoms with van der Waals surface area (Å²) in [7, 11) is 0. The van der Waals surface area contributed by atoms with Gasteiger partial charge in [0.25, 0.3) is 5.91 Å². The average molecular weight is 417 g/mol. The molecule has 0 fully saturated rings. The van der Waals surface area contributed by atoms with Gasteiger partial charge in [-0.1, -0.05) is 31.9 Å². The molecule has 3 N–H and O–H groups in total. The fourth-order valence-electron chi connectivity index (χ4n) is 3.45. The number of aromatic nitrogens is 2. The summed E-state index contributed by atoms with van der Waals surface area (Å²) in [6.45, 7) is 2.18. The van der Waals surface area contributed by atoms with Crippen molar-refractivity contribution in [2.75, 3.05) is 5.32 Å². The van der Waals surface area contributed by atoms with Crippen LogP contribution in [-0.4, -0.2) is 27.2 Å². The highest BCUT2D eigenvalue weighted by Gasteiger charge is 2.15. The van der Waals surface area contributed by atoms with Crippen LogP contribution in [0.15, 0.2) is 59.0 Å². The molecule has 4 aromatic rings. The maximum Gasteiger partial charge on any atom is 0.371 e. The second-order valence-corrected chi connectivity index (χ2v) is 7.41. The zero-order valence-electron chi connectivity index (χ0n) is 17.1. The Bertz CT molecular complexity index is 1220. The van der Waals surface area contributed by atoms with E-state index in [2.05, 4.69) is 22.4 Å². The minimum Gasteiger partial charge on any atom is -0.475 e. The van der Waals surface area contributed by atoms with Crippen molar-refractivity contribution >= 4 is 28.6 Å². The number of H-pyrrole nitrogens is 1. The molecule has 0 spiro atoms. The molecule has 7 heteroatoms. The van der Waals surface area contributed by atoms with E-state index < -0.39 is 5.97 Å². The maximum absolute atomic E-state index is 12.7. The van der Waals surface area contributed by atoms with Crippen molar-refractivity contribution in [2.45, 2.75) is 32.6 Å². The topological polar surface area (TPSA) is 108 Å². The number of carbonyl (C=O) groups is 2. The van der Waals surface area contributed by atoms with Crippen LogP contribution in [0.1, 0.15) is 52.7 Å². The van der Waals surface area contributed by atoms with Crippen LogP contribution in [0, 0.1) is 0 Å². The zero-order chi connectivity index (χ0) is 21.8. The van der Waals surface area contributed by atoms with Gasteiger partial charge in [-0.15, -0.1) is 0 Å². The Kier molecular flexibility index (Phi) is 5.84. The van der Waals surface area contributed by atoms with Gasteiger partial charge in [-0.05, 0) is 60.9 Å². The molecule has 0 aliphatic carbocycles. The molecular formula is C24H23N3O4. The summed E-state index contributed by atoms with van der Waals surface area (Å²) < 4.78 is 5.38. The molecular weight excluding hydrogens is 394 g/mol. The van der Waals surface area contributed by atoms with Gasteiger partial charge in [0.05, 0.1) is 5.52 Å². The van der Waals surface area contributed by atoms with E-state index in [0.29, 0.717) is 28.1 Å². The van der Waals surface area contributed by atoms with E-state index in [9.17, 15) is 9.59 Å². The van der Waals surface area contributed by atoms with Crippen molar-refractivity contribution in [3.05, 3.63) is 71.5 Å². The van der Waals surface area contributed by atoms with Gasteiger partial charge in [-0.2, -0.15) is 5.10 Å². The Balaban J connectivity index is 1.52. The Morgan fingerprint density at radius 2 is 1.87 bits per heavy atom. The number of hydrogen-bond donors (Lipinski definition) is 3. The van der Waals surface area contributed by atoms with Crippen LogP contribution in [0.5, 0.6) is 0 Å². The Morgan fingerprint density at radius 3 is 2.58 bits per heavy atom. The first-order chi connectivity index (χ1) is 15.0. The lowest BCUT2D eigenvalue weighted by Gasteiger charge is -2.05. The number of carboxylic acids is 1. The summed E-state index contributed by atoms with van der Waals surface area (Å²) in [5.41, 5.74) is 3.21. The average Bonchev–Trinajstić information content (AvgIpc) is 3.42. The first-order valence-corrected chi connectivity index (χ1v) is 10.3. The predicted molar refractivity (Wildman–Crippen MR) is 118 cm³/mol. The van der Waals surface area contributed by atoms with Gasteiger partial charge < -0.3 is 14.8 Å². The molecule has 2 aromatic heterocycles. The first-order valence-electron chi connectivity index (χ1n) is 10.3. The number of aromatic carboxylic acids is 1. The number of hydrogen-bond acceptors (Lipinski definition) is 4. The fourth-order valence-corrected chi connectivity index (χ4v) is 3.45. The van der Waals surface area contributed by atoms with Crippen LogP contribution in [0.2, 0.25) is 0 Å². The van der Waals surface area contributed by atoms with E-state index >= 15 is 0 Å². The first kappa shape index (κ1) is 20.4. The summed E-state index contributed by atoms with van der Waals surface area (Å²) in [6, 6.07) is 16.0. The van der Waals surface area contributed by atoms with Gasteiger partial charge in [-0.25, -0.2) is 4.79 Å². The number of nitrogens with zero attached hydrogens (tertiary/aromatic N) is 1. The summed E-state index contributed by atoms with van der Waals surface area (Å²) in [5.74, 6) is -0.672. The molecule has 4 rings (SSSR count). The molecule has 0 saturated heterocycles. The van der Waals surface area contributed by atoms with Crippen molar-refractivity contribution < 1.29 is 19.1 Å². The number of carbonyl (C=O) groups excluding carboxylic acids is 1. The van der Waals surface area contributed by atoms with E-state index in [4.69, 9.17) is 9.52 Å². The molecule has 0 aliphatic rings. The van der Waals surface area contributed by atoms with Gasteiger partial charge in [-0.3, -0.25) is 9.89 Å². The number of amides is 1. The van der Waals surface area contributed by atoms with Crippen molar-refractivity contribution in [1.82, 2.24) is 10.2 Å². The van der Waals surface area contributed by atoms with Gasteiger partial charge in [0.2, 0.25) is 5.76 Å². The van der Waals surface area contributed by atoms with Gasteiger partial charge in [0, 0.05) is 16.5 Å². The lowest BCUT2D eigenvalue weighted by Crippen LogP contribution is -2.12. The normalized spacial score (nSPS) is 11.0. The summed E-state index contributed by atoms with van der Waals surface area (Å²) >= 11 is 0. The zero-order valence-corrected chi connectivity index (χ0v) is 17.1. The van der Waals surface area contributed by atoms with Crippen molar-refractivity contribution in [2.24, 2.45) is 0 Å². The van der Waals surface area contributed by atoms with Crippen molar-refractivity contribution in [3.8, 4) is 11.3 Å². The Hall–Kier alpha value is -3.87. The Morgan fingerprint density at radius 1 is 1.06 bits per heavy atom. The summed E-state index contributed by atoms with van der Waals surface area (Å²) in [6.07, 6.45) is 4.54. The number of furan rings is 1. The number of aryl methyl sites for hydroxylation is 1. The number of rotatable bonds is 8. The van der Waals surface area contributed by atoms with Crippen LogP contribution in [0.4, 0.5) is 5.82 Å². The second kappa shape index (κ2) is 8.87. The van der Waals surface area contributed by atoms with Crippen LogP contribution in [0.3, 0.4) is 0 Å². The van der Waals surface area contributed by atoms with Crippen molar-refractivity contribution in [1.29, 1.82) is 0 Å².